The minimum atomic E-state index is -1.03. The van der Waals surface area contributed by atoms with E-state index in [0.717, 1.165) is 0 Å². The van der Waals surface area contributed by atoms with E-state index in [2.05, 4.69) is 5.32 Å². The van der Waals surface area contributed by atoms with Gasteiger partial charge in [0.15, 0.2) is 0 Å². The van der Waals surface area contributed by atoms with Gasteiger partial charge in [-0.1, -0.05) is 11.6 Å². The van der Waals surface area contributed by atoms with Crippen molar-refractivity contribution >= 4 is 41.1 Å². The average molecular weight is 326 g/mol. The Kier molecular flexibility index (Phi) is 4.94. The van der Waals surface area contributed by atoms with E-state index in [-0.39, 0.29) is 0 Å². The van der Waals surface area contributed by atoms with Crippen molar-refractivity contribution in [2.24, 2.45) is 0 Å². The van der Waals surface area contributed by atoms with Crippen molar-refractivity contribution in [1.29, 1.82) is 5.26 Å². The SMILES string of the molecule is N#Cc1ccc(Cl)c(NC(=O)N2CCSCC2C(=O)O)c1. The first-order valence-corrected chi connectivity index (χ1v) is 7.64. The molecule has 2 amide bonds. The fourth-order valence-electron chi connectivity index (χ4n) is 1.93. The van der Waals surface area contributed by atoms with Crippen LogP contribution >= 0.6 is 23.4 Å². The summed E-state index contributed by atoms with van der Waals surface area (Å²) in [7, 11) is 0. The van der Waals surface area contributed by atoms with Crippen LogP contribution in [0.2, 0.25) is 5.02 Å². The molecule has 1 saturated heterocycles. The summed E-state index contributed by atoms with van der Waals surface area (Å²) >= 11 is 7.47. The number of aliphatic carboxylic acids is 1. The van der Waals surface area contributed by atoms with E-state index in [1.165, 1.54) is 34.9 Å². The molecule has 8 heteroatoms. The monoisotopic (exact) mass is 325 g/mol. The fourth-order valence-corrected chi connectivity index (χ4v) is 3.13. The van der Waals surface area contributed by atoms with Crippen molar-refractivity contribution in [3.05, 3.63) is 28.8 Å². The van der Waals surface area contributed by atoms with E-state index < -0.39 is 18.0 Å². The van der Waals surface area contributed by atoms with E-state index in [4.69, 9.17) is 22.0 Å². The van der Waals surface area contributed by atoms with Gasteiger partial charge >= 0.3 is 12.0 Å². The van der Waals surface area contributed by atoms with Crippen LogP contribution in [-0.2, 0) is 4.79 Å². The molecule has 0 radical (unpaired) electrons. The highest BCUT2D eigenvalue weighted by molar-refractivity contribution is 7.99. The summed E-state index contributed by atoms with van der Waals surface area (Å²) < 4.78 is 0. The molecule has 1 aliphatic heterocycles. The standard InChI is InChI=1S/C13H12ClN3O3S/c14-9-2-1-8(6-15)5-10(9)16-13(20)17-3-4-21-7-11(17)12(18)19/h1-2,5,11H,3-4,7H2,(H,16,20)(H,18,19). The third-order valence-corrected chi connectivity index (χ3v) is 4.36. The van der Waals surface area contributed by atoms with Gasteiger partial charge in [-0.15, -0.1) is 0 Å². The Labute approximate surface area is 130 Å². The number of nitriles is 1. The van der Waals surface area contributed by atoms with Crippen LogP contribution in [0.15, 0.2) is 18.2 Å². The van der Waals surface area contributed by atoms with Gasteiger partial charge in [0.25, 0.3) is 0 Å². The summed E-state index contributed by atoms with van der Waals surface area (Å²) in [6.45, 7) is 0.350. The molecule has 6 nitrogen and oxygen atoms in total. The van der Waals surface area contributed by atoms with Gasteiger partial charge < -0.3 is 15.3 Å². The Hall–Kier alpha value is -1.91. The summed E-state index contributed by atoms with van der Waals surface area (Å²) in [5, 5.41) is 20.9. The zero-order valence-corrected chi connectivity index (χ0v) is 12.4. The lowest BCUT2D eigenvalue weighted by atomic mass is 10.2. The van der Waals surface area contributed by atoms with Crippen molar-refractivity contribution in [2.45, 2.75) is 6.04 Å². The first-order valence-electron chi connectivity index (χ1n) is 6.10. The summed E-state index contributed by atoms with van der Waals surface area (Å²) in [4.78, 5) is 24.7. The molecule has 2 N–H and O–H groups in total. The van der Waals surface area contributed by atoms with Crippen LogP contribution < -0.4 is 5.32 Å². The second-order valence-electron chi connectivity index (χ2n) is 4.36. The molecular formula is C13H12ClN3O3S. The molecule has 1 aromatic carbocycles. The molecule has 0 aliphatic carbocycles. The van der Waals surface area contributed by atoms with Crippen LogP contribution in [0.4, 0.5) is 10.5 Å². The van der Waals surface area contributed by atoms with Crippen LogP contribution in [0.25, 0.3) is 0 Å². The van der Waals surface area contributed by atoms with Gasteiger partial charge in [0, 0.05) is 18.1 Å². The van der Waals surface area contributed by atoms with E-state index in [1.807, 2.05) is 6.07 Å². The molecule has 1 aromatic rings. The van der Waals surface area contributed by atoms with Gasteiger partial charge in [-0.2, -0.15) is 17.0 Å². The molecule has 0 bridgehead atoms. The molecule has 1 unspecified atom stereocenters. The van der Waals surface area contributed by atoms with E-state index in [0.29, 0.717) is 34.3 Å². The fraction of sp³-hybridized carbons (Fsp3) is 0.308. The number of urea groups is 1. The van der Waals surface area contributed by atoms with Crippen molar-refractivity contribution in [1.82, 2.24) is 4.90 Å². The lowest BCUT2D eigenvalue weighted by Crippen LogP contribution is -2.51. The highest BCUT2D eigenvalue weighted by atomic mass is 35.5. The van der Waals surface area contributed by atoms with Crippen molar-refractivity contribution in [2.75, 3.05) is 23.4 Å². The molecule has 1 aliphatic rings. The molecular weight excluding hydrogens is 314 g/mol. The van der Waals surface area contributed by atoms with Crippen LogP contribution in [0, 0.1) is 11.3 Å². The normalized spacial score (nSPS) is 17.9. The predicted octanol–water partition coefficient (Wildman–Crippen LogP) is 2.25. The minimum absolute atomic E-state index is 0.292. The van der Waals surface area contributed by atoms with Crippen LogP contribution in [0.1, 0.15) is 5.56 Å². The molecule has 0 spiro atoms. The maximum atomic E-state index is 12.2. The third-order valence-electron chi connectivity index (χ3n) is 3.01. The molecule has 1 atom stereocenters. The maximum Gasteiger partial charge on any atom is 0.327 e. The number of hydrogen-bond acceptors (Lipinski definition) is 4. The van der Waals surface area contributed by atoms with Crippen molar-refractivity contribution < 1.29 is 14.7 Å². The number of carboxylic acid groups (broad SMARTS) is 1. The molecule has 1 heterocycles. The summed E-state index contributed by atoms with van der Waals surface area (Å²) in [6, 6.07) is 5.07. The average Bonchev–Trinajstić information content (AvgIpc) is 2.49. The van der Waals surface area contributed by atoms with Gasteiger partial charge in [0.05, 0.1) is 22.3 Å². The Balaban J connectivity index is 2.17. The van der Waals surface area contributed by atoms with Gasteiger partial charge in [-0.25, -0.2) is 9.59 Å². The number of thioether (sulfide) groups is 1. The summed E-state index contributed by atoms with van der Waals surface area (Å²) in [5.41, 5.74) is 0.654. The number of anilines is 1. The van der Waals surface area contributed by atoms with E-state index in [1.54, 1.807) is 0 Å². The number of rotatable bonds is 2. The zero-order chi connectivity index (χ0) is 15.4. The van der Waals surface area contributed by atoms with Gasteiger partial charge in [-0.05, 0) is 18.2 Å². The van der Waals surface area contributed by atoms with Crippen molar-refractivity contribution in [3.8, 4) is 6.07 Å². The third kappa shape index (κ3) is 3.60. The highest BCUT2D eigenvalue weighted by Gasteiger charge is 2.32. The topological polar surface area (TPSA) is 93.4 Å². The first-order chi connectivity index (χ1) is 10.0. The van der Waals surface area contributed by atoms with Gasteiger partial charge in [0.1, 0.15) is 6.04 Å². The molecule has 21 heavy (non-hydrogen) atoms. The Morgan fingerprint density at radius 1 is 1.52 bits per heavy atom. The van der Waals surface area contributed by atoms with Crippen LogP contribution in [-0.4, -0.2) is 46.1 Å². The lowest BCUT2D eigenvalue weighted by molar-refractivity contribution is -0.141. The largest absolute Gasteiger partial charge is 0.480 e. The quantitative estimate of drug-likeness (QED) is 0.869. The number of nitrogens with zero attached hydrogens (tertiary/aromatic N) is 2. The number of carboxylic acids is 1. The smallest absolute Gasteiger partial charge is 0.327 e. The van der Waals surface area contributed by atoms with Crippen LogP contribution in [0.5, 0.6) is 0 Å². The number of amides is 2. The second kappa shape index (κ2) is 6.70. The molecule has 1 fully saturated rings. The first kappa shape index (κ1) is 15.5. The number of carbonyl (C=O) groups excluding carboxylic acids is 1. The number of halogens is 1. The molecule has 2 rings (SSSR count). The predicted molar refractivity (Wildman–Crippen MR) is 80.6 cm³/mol. The van der Waals surface area contributed by atoms with E-state index >= 15 is 0 Å². The maximum absolute atomic E-state index is 12.2. The Morgan fingerprint density at radius 3 is 2.95 bits per heavy atom. The summed E-state index contributed by atoms with van der Waals surface area (Å²) in [5.74, 6) is 0.00644. The highest BCUT2D eigenvalue weighted by Crippen LogP contribution is 2.24. The Bertz CT molecular complexity index is 617. The molecule has 0 aromatic heterocycles. The minimum Gasteiger partial charge on any atom is -0.480 e. The Morgan fingerprint density at radius 2 is 2.29 bits per heavy atom. The zero-order valence-electron chi connectivity index (χ0n) is 10.9. The number of benzene rings is 1. The van der Waals surface area contributed by atoms with Crippen LogP contribution in [0.3, 0.4) is 0 Å². The number of hydrogen-bond donors (Lipinski definition) is 2. The van der Waals surface area contributed by atoms with Crippen molar-refractivity contribution in [3.63, 3.8) is 0 Å². The molecule has 0 saturated carbocycles. The molecule has 110 valence electrons. The van der Waals surface area contributed by atoms with Gasteiger partial charge in [-0.3, -0.25) is 0 Å². The summed E-state index contributed by atoms with van der Waals surface area (Å²) in [6.07, 6.45) is 0. The number of nitrogens with one attached hydrogen (secondary N) is 1. The second-order valence-corrected chi connectivity index (χ2v) is 5.92. The number of carbonyl (C=O) groups is 2. The lowest BCUT2D eigenvalue weighted by Gasteiger charge is -2.32. The van der Waals surface area contributed by atoms with E-state index in [9.17, 15) is 9.59 Å². The van der Waals surface area contributed by atoms with Gasteiger partial charge in [0.2, 0.25) is 0 Å².